The molecule has 0 radical (unpaired) electrons. The van der Waals surface area contributed by atoms with Gasteiger partial charge >= 0.3 is 0 Å². The van der Waals surface area contributed by atoms with Crippen LogP contribution in [0.3, 0.4) is 0 Å². The second-order valence-electron chi connectivity index (χ2n) is 7.30. The van der Waals surface area contributed by atoms with Gasteiger partial charge in [0, 0.05) is 18.2 Å². The summed E-state index contributed by atoms with van der Waals surface area (Å²) in [5.74, 6) is 0.673. The second-order valence-corrected chi connectivity index (χ2v) is 9.92. The first kappa shape index (κ1) is 20.7. The number of hydrogen-bond acceptors (Lipinski definition) is 5. The zero-order chi connectivity index (χ0) is 20.3. The number of carbonyl (C=O) groups excluding carboxylic acids is 1. The van der Waals surface area contributed by atoms with Crippen LogP contribution in [-0.2, 0) is 21.2 Å². The molecule has 1 aliphatic heterocycles. The highest BCUT2D eigenvalue weighted by Crippen LogP contribution is 2.21. The number of amides is 1. The van der Waals surface area contributed by atoms with E-state index in [0.717, 1.165) is 24.0 Å². The summed E-state index contributed by atoms with van der Waals surface area (Å²) in [7, 11) is -3.06. The Labute approximate surface area is 170 Å². The second kappa shape index (κ2) is 8.57. The first-order valence-electron chi connectivity index (χ1n) is 9.53. The number of rotatable bonds is 7. The molecule has 1 atom stereocenters. The van der Waals surface area contributed by atoms with Crippen molar-refractivity contribution in [1.82, 2.24) is 19.7 Å². The number of H-pyrrole nitrogens is 1. The van der Waals surface area contributed by atoms with Crippen molar-refractivity contribution in [2.75, 3.05) is 18.1 Å². The summed E-state index contributed by atoms with van der Waals surface area (Å²) in [5.41, 5.74) is 2.00. The molecule has 1 fully saturated rings. The summed E-state index contributed by atoms with van der Waals surface area (Å²) in [4.78, 5) is 14.9. The average molecular weight is 423 g/mol. The predicted molar refractivity (Wildman–Crippen MR) is 111 cm³/mol. The molecule has 1 saturated heterocycles. The number of aryl methyl sites for hydroxylation is 1. The highest BCUT2D eigenvalue weighted by atomic mass is 32.2. The number of aromatic amines is 1. The standard InChI is InChI=1S/C19H26N4O3S2/c1-3-4-10-22(16-9-11-28(25,26)13-16)17(24)12-23-18(20-21-19(23)27)15-7-5-14(2)6-8-15/h5-8,16H,3-4,9-13H2,1-2H3,(H,21,27). The van der Waals surface area contributed by atoms with E-state index >= 15 is 0 Å². The van der Waals surface area contributed by atoms with Crippen molar-refractivity contribution in [3.05, 3.63) is 34.6 Å². The van der Waals surface area contributed by atoms with Gasteiger partial charge in [-0.1, -0.05) is 43.2 Å². The predicted octanol–water partition coefficient (Wildman–Crippen LogP) is 2.73. The lowest BCUT2D eigenvalue weighted by molar-refractivity contribution is -0.133. The smallest absolute Gasteiger partial charge is 0.242 e. The Morgan fingerprint density at radius 1 is 1.36 bits per heavy atom. The molecule has 3 rings (SSSR count). The molecule has 1 amide bonds. The number of benzene rings is 1. The van der Waals surface area contributed by atoms with E-state index in [9.17, 15) is 13.2 Å². The van der Waals surface area contributed by atoms with Gasteiger partial charge in [0.25, 0.3) is 0 Å². The molecule has 2 heterocycles. The lowest BCUT2D eigenvalue weighted by Gasteiger charge is -2.28. The third-order valence-electron chi connectivity index (χ3n) is 5.08. The monoisotopic (exact) mass is 422 g/mol. The molecular formula is C19H26N4O3S2. The maximum Gasteiger partial charge on any atom is 0.242 e. The molecule has 0 saturated carbocycles. The van der Waals surface area contributed by atoms with Gasteiger partial charge in [0.15, 0.2) is 20.4 Å². The van der Waals surface area contributed by atoms with Gasteiger partial charge in [0.2, 0.25) is 5.91 Å². The van der Waals surface area contributed by atoms with E-state index in [2.05, 4.69) is 17.1 Å². The van der Waals surface area contributed by atoms with Crippen LogP contribution in [0.1, 0.15) is 31.7 Å². The Morgan fingerprint density at radius 3 is 2.68 bits per heavy atom. The van der Waals surface area contributed by atoms with Gasteiger partial charge < -0.3 is 4.90 Å². The number of unbranched alkanes of at least 4 members (excludes halogenated alkanes) is 1. The lowest BCUT2D eigenvalue weighted by Crippen LogP contribution is -2.43. The van der Waals surface area contributed by atoms with E-state index in [1.54, 1.807) is 9.47 Å². The van der Waals surface area contributed by atoms with Crippen LogP contribution >= 0.6 is 12.2 Å². The number of nitrogens with zero attached hydrogens (tertiary/aromatic N) is 3. The van der Waals surface area contributed by atoms with Crippen LogP contribution in [0.15, 0.2) is 24.3 Å². The molecule has 1 N–H and O–H groups in total. The average Bonchev–Trinajstić information content (AvgIpc) is 3.19. The van der Waals surface area contributed by atoms with Gasteiger partial charge in [-0.2, -0.15) is 5.10 Å². The highest BCUT2D eigenvalue weighted by molar-refractivity contribution is 7.91. The van der Waals surface area contributed by atoms with E-state index in [-0.39, 0.29) is 30.0 Å². The van der Waals surface area contributed by atoms with Crippen LogP contribution in [0, 0.1) is 11.7 Å². The SMILES string of the molecule is CCCCN(C(=O)Cn1c(-c2ccc(C)cc2)n[nH]c1=S)C1CCS(=O)(=O)C1. The molecule has 7 nitrogen and oxygen atoms in total. The van der Waals surface area contributed by atoms with Gasteiger partial charge in [-0.25, -0.2) is 8.42 Å². The number of hydrogen-bond donors (Lipinski definition) is 1. The highest BCUT2D eigenvalue weighted by Gasteiger charge is 2.34. The fourth-order valence-electron chi connectivity index (χ4n) is 3.47. The van der Waals surface area contributed by atoms with Crippen molar-refractivity contribution in [1.29, 1.82) is 0 Å². The zero-order valence-electron chi connectivity index (χ0n) is 16.2. The van der Waals surface area contributed by atoms with Crippen molar-refractivity contribution >= 4 is 28.0 Å². The number of carbonyl (C=O) groups is 1. The molecule has 1 aromatic heterocycles. The summed E-state index contributed by atoms with van der Waals surface area (Å²) >= 11 is 5.34. The largest absolute Gasteiger partial charge is 0.337 e. The van der Waals surface area contributed by atoms with Crippen molar-refractivity contribution in [2.45, 2.75) is 45.7 Å². The molecule has 152 valence electrons. The van der Waals surface area contributed by atoms with Crippen molar-refractivity contribution in [3.8, 4) is 11.4 Å². The van der Waals surface area contributed by atoms with Gasteiger partial charge in [-0.3, -0.25) is 14.5 Å². The molecule has 1 aliphatic rings. The molecule has 9 heteroatoms. The third kappa shape index (κ3) is 4.70. The van der Waals surface area contributed by atoms with Crippen LogP contribution in [-0.4, -0.2) is 58.1 Å². The van der Waals surface area contributed by atoms with Crippen LogP contribution in [0.2, 0.25) is 0 Å². The third-order valence-corrected chi connectivity index (χ3v) is 7.15. The van der Waals surface area contributed by atoms with Crippen LogP contribution < -0.4 is 0 Å². The molecule has 0 bridgehead atoms. The normalized spacial score (nSPS) is 18.3. The summed E-state index contributed by atoms with van der Waals surface area (Å²) in [6.45, 7) is 4.65. The van der Waals surface area contributed by atoms with E-state index < -0.39 is 9.84 Å². The van der Waals surface area contributed by atoms with E-state index in [4.69, 9.17) is 12.2 Å². The summed E-state index contributed by atoms with van der Waals surface area (Å²) in [6, 6.07) is 7.60. The summed E-state index contributed by atoms with van der Waals surface area (Å²) in [5, 5.41) is 7.06. The molecule has 2 aromatic rings. The maximum atomic E-state index is 13.1. The molecule has 0 aliphatic carbocycles. The van der Waals surface area contributed by atoms with Gasteiger partial charge in [-0.15, -0.1) is 0 Å². The Balaban J connectivity index is 1.85. The minimum absolute atomic E-state index is 0.0405. The van der Waals surface area contributed by atoms with E-state index in [0.29, 0.717) is 23.6 Å². The first-order valence-corrected chi connectivity index (χ1v) is 11.8. The van der Waals surface area contributed by atoms with Crippen LogP contribution in [0.4, 0.5) is 0 Å². The van der Waals surface area contributed by atoms with Gasteiger partial charge in [0.1, 0.15) is 6.54 Å². The van der Waals surface area contributed by atoms with Gasteiger partial charge in [0.05, 0.1) is 11.5 Å². The van der Waals surface area contributed by atoms with Crippen molar-refractivity contribution in [2.24, 2.45) is 0 Å². The van der Waals surface area contributed by atoms with Crippen LogP contribution in [0.5, 0.6) is 0 Å². The quantitative estimate of drug-likeness (QED) is 0.693. The minimum atomic E-state index is -3.06. The molecule has 0 spiro atoms. The Hall–Kier alpha value is -2.00. The van der Waals surface area contributed by atoms with Crippen molar-refractivity contribution < 1.29 is 13.2 Å². The van der Waals surface area contributed by atoms with Crippen molar-refractivity contribution in [3.63, 3.8) is 0 Å². The number of aromatic nitrogens is 3. The Kier molecular flexibility index (Phi) is 6.34. The fraction of sp³-hybridized carbons (Fsp3) is 0.526. The topological polar surface area (TPSA) is 88.1 Å². The number of sulfone groups is 1. The first-order chi connectivity index (χ1) is 13.3. The van der Waals surface area contributed by atoms with E-state index in [1.165, 1.54) is 0 Å². The Morgan fingerprint density at radius 2 is 2.07 bits per heavy atom. The van der Waals surface area contributed by atoms with Gasteiger partial charge in [-0.05, 0) is 32.0 Å². The molecule has 1 aromatic carbocycles. The fourth-order valence-corrected chi connectivity index (χ4v) is 5.40. The molecule has 28 heavy (non-hydrogen) atoms. The summed E-state index contributed by atoms with van der Waals surface area (Å²) in [6.07, 6.45) is 2.27. The Bertz CT molecular complexity index is 993. The minimum Gasteiger partial charge on any atom is -0.337 e. The summed E-state index contributed by atoms with van der Waals surface area (Å²) < 4.78 is 25.9. The lowest BCUT2D eigenvalue weighted by atomic mass is 10.1. The van der Waals surface area contributed by atoms with Crippen LogP contribution in [0.25, 0.3) is 11.4 Å². The molecule has 1 unspecified atom stereocenters. The number of nitrogens with one attached hydrogen (secondary N) is 1. The zero-order valence-corrected chi connectivity index (χ0v) is 17.9. The van der Waals surface area contributed by atoms with E-state index in [1.807, 2.05) is 31.2 Å². The molecular weight excluding hydrogens is 396 g/mol. The maximum absolute atomic E-state index is 13.1.